The molecular weight excluding hydrogens is 228 g/mol. The zero-order valence-corrected chi connectivity index (χ0v) is 11.6. The van der Waals surface area contributed by atoms with Gasteiger partial charge in [0.15, 0.2) is 11.5 Å². The predicted octanol–water partition coefficient (Wildman–Crippen LogP) is 3.06. The summed E-state index contributed by atoms with van der Waals surface area (Å²) in [7, 11) is 1.68. The van der Waals surface area contributed by atoms with Crippen LogP contribution < -0.4 is 9.47 Å². The van der Waals surface area contributed by atoms with Crippen LogP contribution in [0.5, 0.6) is 11.5 Å². The van der Waals surface area contributed by atoms with Gasteiger partial charge in [0.1, 0.15) is 0 Å². The van der Waals surface area contributed by atoms with Crippen LogP contribution in [0.3, 0.4) is 0 Å². The van der Waals surface area contributed by atoms with Gasteiger partial charge in [-0.2, -0.15) is 0 Å². The molecule has 0 radical (unpaired) electrons. The van der Waals surface area contributed by atoms with E-state index in [0.717, 1.165) is 17.9 Å². The van der Waals surface area contributed by atoms with Gasteiger partial charge in [-0.25, -0.2) is 0 Å². The number of hydrogen-bond acceptors (Lipinski definition) is 3. The van der Waals surface area contributed by atoms with Gasteiger partial charge < -0.3 is 14.2 Å². The maximum Gasteiger partial charge on any atom is 0.161 e. The second-order valence-electron chi connectivity index (χ2n) is 4.91. The first-order chi connectivity index (χ1) is 8.65. The fourth-order valence-corrected chi connectivity index (χ4v) is 2.40. The summed E-state index contributed by atoms with van der Waals surface area (Å²) in [4.78, 5) is 0. The Morgan fingerprint density at radius 1 is 1.33 bits per heavy atom. The Morgan fingerprint density at radius 2 is 2.06 bits per heavy atom. The van der Waals surface area contributed by atoms with Crippen LogP contribution in [0.15, 0.2) is 18.2 Å². The van der Waals surface area contributed by atoms with Crippen LogP contribution in [0.25, 0.3) is 0 Å². The van der Waals surface area contributed by atoms with Crippen molar-refractivity contribution in [2.24, 2.45) is 5.92 Å². The molecule has 3 unspecified atom stereocenters. The molecule has 100 valence electrons. The highest BCUT2D eigenvalue weighted by atomic mass is 16.6. The van der Waals surface area contributed by atoms with Crippen molar-refractivity contribution in [3.63, 3.8) is 0 Å². The van der Waals surface area contributed by atoms with E-state index in [1.54, 1.807) is 7.11 Å². The van der Waals surface area contributed by atoms with Crippen LogP contribution in [-0.2, 0) is 11.2 Å². The highest BCUT2D eigenvalue weighted by Gasteiger charge is 2.38. The molecule has 1 aromatic rings. The first-order valence-corrected chi connectivity index (χ1v) is 6.60. The SMILES string of the molecule is CCOc1ccc(CC(C)C2OC2C)cc1OC. The molecule has 1 heterocycles. The Hall–Kier alpha value is -1.22. The van der Waals surface area contributed by atoms with Crippen molar-refractivity contribution in [1.29, 1.82) is 0 Å². The summed E-state index contributed by atoms with van der Waals surface area (Å²) in [6.45, 7) is 6.98. The van der Waals surface area contributed by atoms with Crippen molar-refractivity contribution in [1.82, 2.24) is 0 Å². The van der Waals surface area contributed by atoms with Crippen LogP contribution >= 0.6 is 0 Å². The number of hydrogen-bond donors (Lipinski definition) is 0. The molecular formula is C15H22O3. The van der Waals surface area contributed by atoms with E-state index in [-0.39, 0.29) is 0 Å². The standard InChI is InChI=1S/C15H22O3/c1-5-17-13-7-6-12(9-14(13)16-4)8-10(2)15-11(3)18-15/h6-7,9-11,15H,5,8H2,1-4H3. The highest BCUT2D eigenvalue weighted by Crippen LogP contribution is 2.33. The number of ether oxygens (including phenoxy) is 3. The molecule has 1 aliphatic heterocycles. The summed E-state index contributed by atoms with van der Waals surface area (Å²) in [5, 5.41) is 0. The van der Waals surface area contributed by atoms with E-state index >= 15 is 0 Å². The van der Waals surface area contributed by atoms with E-state index in [9.17, 15) is 0 Å². The first kappa shape index (κ1) is 13.2. The summed E-state index contributed by atoms with van der Waals surface area (Å²) in [5.41, 5.74) is 1.27. The Bertz CT molecular complexity index is 403. The van der Waals surface area contributed by atoms with E-state index in [4.69, 9.17) is 14.2 Å². The van der Waals surface area contributed by atoms with Crippen molar-refractivity contribution in [2.75, 3.05) is 13.7 Å². The lowest BCUT2D eigenvalue weighted by atomic mass is 9.96. The van der Waals surface area contributed by atoms with E-state index in [1.807, 2.05) is 13.0 Å². The number of benzene rings is 1. The third kappa shape index (κ3) is 2.96. The molecule has 0 bridgehead atoms. The van der Waals surface area contributed by atoms with Gasteiger partial charge in [-0.1, -0.05) is 13.0 Å². The van der Waals surface area contributed by atoms with Crippen molar-refractivity contribution in [3.05, 3.63) is 23.8 Å². The summed E-state index contributed by atoms with van der Waals surface area (Å²) >= 11 is 0. The van der Waals surface area contributed by atoms with Gasteiger partial charge in [-0.15, -0.1) is 0 Å². The molecule has 18 heavy (non-hydrogen) atoms. The summed E-state index contributed by atoms with van der Waals surface area (Å²) in [5.74, 6) is 2.17. The Morgan fingerprint density at radius 3 is 2.61 bits per heavy atom. The molecule has 1 fully saturated rings. The molecule has 3 atom stereocenters. The van der Waals surface area contributed by atoms with Gasteiger partial charge in [-0.05, 0) is 43.9 Å². The molecule has 0 aromatic heterocycles. The van der Waals surface area contributed by atoms with Gasteiger partial charge in [0.2, 0.25) is 0 Å². The second kappa shape index (κ2) is 5.61. The quantitative estimate of drug-likeness (QED) is 0.727. The van der Waals surface area contributed by atoms with Gasteiger partial charge in [0.05, 0.1) is 25.9 Å². The van der Waals surface area contributed by atoms with Crippen LogP contribution in [-0.4, -0.2) is 25.9 Å². The smallest absolute Gasteiger partial charge is 0.161 e. The molecule has 1 saturated heterocycles. The molecule has 3 nitrogen and oxygen atoms in total. The van der Waals surface area contributed by atoms with E-state index in [0.29, 0.717) is 24.7 Å². The molecule has 0 amide bonds. The van der Waals surface area contributed by atoms with Gasteiger partial charge in [-0.3, -0.25) is 0 Å². The van der Waals surface area contributed by atoms with Crippen molar-refractivity contribution in [3.8, 4) is 11.5 Å². The van der Waals surface area contributed by atoms with E-state index < -0.39 is 0 Å². The lowest BCUT2D eigenvalue weighted by molar-refractivity contribution is 0.309. The minimum absolute atomic E-state index is 0.419. The maximum atomic E-state index is 5.52. The number of epoxide rings is 1. The Balaban J connectivity index is 2.04. The van der Waals surface area contributed by atoms with Crippen molar-refractivity contribution in [2.45, 2.75) is 39.4 Å². The Kier molecular flexibility index (Phi) is 4.12. The van der Waals surface area contributed by atoms with E-state index in [2.05, 4.69) is 26.0 Å². The Labute approximate surface area is 109 Å². The van der Waals surface area contributed by atoms with Gasteiger partial charge in [0, 0.05) is 0 Å². The third-order valence-electron chi connectivity index (χ3n) is 3.40. The lowest BCUT2D eigenvalue weighted by Gasteiger charge is -2.13. The van der Waals surface area contributed by atoms with Crippen LogP contribution in [0.4, 0.5) is 0 Å². The summed E-state index contributed by atoms with van der Waals surface area (Å²) in [6.07, 6.45) is 1.85. The zero-order valence-electron chi connectivity index (χ0n) is 11.6. The molecule has 0 N–H and O–H groups in total. The van der Waals surface area contributed by atoms with Crippen LogP contribution in [0.2, 0.25) is 0 Å². The van der Waals surface area contributed by atoms with Gasteiger partial charge >= 0.3 is 0 Å². The van der Waals surface area contributed by atoms with Crippen LogP contribution in [0.1, 0.15) is 26.3 Å². The predicted molar refractivity (Wildman–Crippen MR) is 71.4 cm³/mol. The normalized spacial score (nSPS) is 23.6. The largest absolute Gasteiger partial charge is 0.493 e. The fourth-order valence-electron chi connectivity index (χ4n) is 2.40. The average molecular weight is 250 g/mol. The molecule has 0 saturated carbocycles. The summed E-state index contributed by atoms with van der Waals surface area (Å²) in [6, 6.07) is 6.16. The van der Waals surface area contributed by atoms with Crippen molar-refractivity contribution < 1.29 is 14.2 Å². The summed E-state index contributed by atoms with van der Waals surface area (Å²) < 4.78 is 16.4. The highest BCUT2D eigenvalue weighted by molar-refractivity contribution is 5.43. The fraction of sp³-hybridized carbons (Fsp3) is 0.600. The molecule has 3 heteroatoms. The van der Waals surface area contributed by atoms with Gasteiger partial charge in [0.25, 0.3) is 0 Å². The topological polar surface area (TPSA) is 31.0 Å². The number of methoxy groups -OCH3 is 1. The minimum atomic E-state index is 0.419. The minimum Gasteiger partial charge on any atom is -0.493 e. The monoisotopic (exact) mass is 250 g/mol. The average Bonchev–Trinajstić information content (AvgIpc) is 3.09. The molecule has 0 spiro atoms. The van der Waals surface area contributed by atoms with E-state index in [1.165, 1.54) is 5.56 Å². The van der Waals surface area contributed by atoms with Crippen LogP contribution in [0, 0.1) is 5.92 Å². The van der Waals surface area contributed by atoms with Crippen molar-refractivity contribution >= 4 is 0 Å². The molecule has 1 aliphatic rings. The maximum absolute atomic E-state index is 5.52. The number of rotatable bonds is 6. The lowest BCUT2D eigenvalue weighted by Crippen LogP contribution is -2.09. The molecule has 2 rings (SSSR count). The third-order valence-corrected chi connectivity index (χ3v) is 3.40. The molecule has 0 aliphatic carbocycles. The zero-order chi connectivity index (χ0) is 13.1. The molecule has 1 aromatic carbocycles. The second-order valence-corrected chi connectivity index (χ2v) is 4.91. The first-order valence-electron chi connectivity index (χ1n) is 6.60.